The molecule has 1 fully saturated rings. The number of anilines is 1. The number of carbonyl (C=O) groups is 2. The summed E-state index contributed by atoms with van der Waals surface area (Å²) < 4.78 is 5.13. The highest BCUT2D eigenvalue weighted by atomic mass is 35.5. The molecule has 26 heavy (non-hydrogen) atoms. The molecule has 6 heteroatoms. The van der Waals surface area contributed by atoms with Gasteiger partial charge in [-0.3, -0.25) is 9.59 Å². The maximum absolute atomic E-state index is 12.9. The van der Waals surface area contributed by atoms with E-state index in [1.807, 2.05) is 30.3 Å². The molecule has 2 amide bonds. The van der Waals surface area contributed by atoms with Crippen molar-refractivity contribution in [2.75, 3.05) is 19.5 Å². The number of amides is 2. The molecule has 1 heterocycles. The standard InChI is InChI=1S/C20H21ClN2O3/c1-23-18(24)11-9-15(19(23)13-6-4-3-5-7-13)20(25)22-14-8-10-17(26-2)16(21)12-14/h3-8,10,12,15,19H,9,11H2,1-2H3,(H,22,25)/t15-,19-/m1/s1. The Morgan fingerprint density at radius 3 is 2.62 bits per heavy atom. The summed E-state index contributed by atoms with van der Waals surface area (Å²) in [7, 11) is 3.29. The van der Waals surface area contributed by atoms with E-state index in [1.54, 1.807) is 37.3 Å². The maximum atomic E-state index is 12.9. The molecule has 1 aliphatic heterocycles. The van der Waals surface area contributed by atoms with Gasteiger partial charge in [0.1, 0.15) is 5.75 Å². The van der Waals surface area contributed by atoms with Gasteiger partial charge in [-0.2, -0.15) is 0 Å². The van der Waals surface area contributed by atoms with Gasteiger partial charge in [0.05, 0.1) is 24.1 Å². The first-order valence-corrected chi connectivity index (χ1v) is 8.84. The van der Waals surface area contributed by atoms with E-state index in [-0.39, 0.29) is 23.8 Å². The third kappa shape index (κ3) is 3.68. The third-order valence-electron chi connectivity index (χ3n) is 4.76. The number of rotatable bonds is 4. The number of likely N-dealkylation sites (tertiary alicyclic amines) is 1. The summed E-state index contributed by atoms with van der Waals surface area (Å²) >= 11 is 6.14. The quantitative estimate of drug-likeness (QED) is 0.885. The topological polar surface area (TPSA) is 58.6 Å². The van der Waals surface area contributed by atoms with Gasteiger partial charge < -0.3 is 15.0 Å². The van der Waals surface area contributed by atoms with Crippen LogP contribution in [0, 0.1) is 5.92 Å². The van der Waals surface area contributed by atoms with Crippen LogP contribution in [0.25, 0.3) is 0 Å². The molecule has 0 aromatic heterocycles. The third-order valence-corrected chi connectivity index (χ3v) is 5.05. The van der Waals surface area contributed by atoms with Crippen LogP contribution in [0.2, 0.25) is 5.02 Å². The Hall–Kier alpha value is -2.53. The highest BCUT2D eigenvalue weighted by Crippen LogP contribution is 2.36. The smallest absolute Gasteiger partial charge is 0.229 e. The van der Waals surface area contributed by atoms with Crippen LogP contribution in [0.3, 0.4) is 0 Å². The maximum Gasteiger partial charge on any atom is 0.229 e. The number of halogens is 1. The van der Waals surface area contributed by atoms with Crippen LogP contribution in [0.1, 0.15) is 24.4 Å². The number of ether oxygens (including phenoxy) is 1. The van der Waals surface area contributed by atoms with Crippen molar-refractivity contribution in [3.05, 3.63) is 59.1 Å². The van der Waals surface area contributed by atoms with Crippen LogP contribution in [-0.2, 0) is 9.59 Å². The summed E-state index contributed by atoms with van der Waals surface area (Å²) in [5.74, 6) is 0.144. The van der Waals surface area contributed by atoms with Gasteiger partial charge in [-0.25, -0.2) is 0 Å². The van der Waals surface area contributed by atoms with Gasteiger partial charge >= 0.3 is 0 Å². The fraction of sp³-hybridized carbons (Fsp3) is 0.300. The van der Waals surface area contributed by atoms with Crippen molar-refractivity contribution >= 4 is 29.1 Å². The van der Waals surface area contributed by atoms with E-state index >= 15 is 0 Å². The molecule has 1 N–H and O–H groups in total. The first kappa shape index (κ1) is 18.3. The molecular weight excluding hydrogens is 352 g/mol. The Morgan fingerprint density at radius 1 is 1.23 bits per heavy atom. The van der Waals surface area contributed by atoms with Crippen molar-refractivity contribution in [3.63, 3.8) is 0 Å². The number of hydrogen-bond donors (Lipinski definition) is 1. The summed E-state index contributed by atoms with van der Waals surface area (Å²) in [4.78, 5) is 26.8. The molecule has 2 aromatic carbocycles. The van der Waals surface area contributed by atoms with E-state index in [1.165, 1.54) is 0 Å². The zero-order valence-electron chi connectivity index (χ0n) is 14.7. The number of nitrogens with one attached hydrogen (secondary N) is 1. The lowest BCUT2D eigenvalue weighted by molar-refractivity contribution is -0.140. The average Bonchev–Trinajstić information content (AvgIpc) is 2.64. The van der Waals surface area contributed by atoms with Gasteiger partial charge in [0.15, 0.2) is 0 Å². The first-order chi connectivity index (χ1) is 12.5. The van der Waals surface area contributed by atoms with Crippen molar-refractivity contribution in [2.45, 2.75) is 18.9 Å². The number of nitrogens with zero attached hydrogens (tertiary/aromatic N) is 1. The second-order valence-electron chi connectivity index (χ2n) is 6.34. The molecule has 2 atom stereocenters. The Kier molecular flexibility index (Phi) is 5.47. The Labute approximate surface area is 157 Å². The number of piperidine rings is 1. The van der Waals surface area contributed by atoms with Crippen LogP contribution in [0.4, 0.5) is 5.69 Å². The Balaban J connectivity index is 1.84. The van der Waals surface area contributed by atoms with Crippen LogP contribution < -0.4 is 10.1 Å². The summed E-state index contributed by atoms with van der Waals surface area (Å²) in [5, 5.41) is 3.35. The van der Waals surface area contributed by atoms with Crippen molar-refractivity contribution in [1.82, 2.24) is 4.90 Å². The highest BCUT2D eigenvalue weighted by Gasteiger charge is 2.38. The predicted molar refractivity (Wildman–Crippen MR) is 101 cm³/mol. The van der Waals surface area contributed by atoms with E-state index in [2.05, 4.69) is 5.32 Å². The normalized spacial score (nSPS) is 20.0. The number of carbonyl (C=O) groups excluding carboxylic acids is 2. The van der Waals surface area contributed by atoms with Crippen LogP contribution in [-0.4, -0.2) is 30.9 Å². The molecule has 2 aromatic rings. The largest absolute Gasteiger partial charge is 0.495 e. The van der Waals surface area contributed by atoms with Crippen LogP contribution in [0.5, 0.6) is 5.75 Å². The van der Waals surface area contributed by atoms with Crippen molar-refractivity contribution in [3.8, 4) is 5.75 Å². The Bertz CT molecular complexity index is 810. The van der Waals surface area contributed by atoms with Gasteiger partial charge in [0, 0.05) is 19.2 Å². The van der Waals surface area contributed by atoms with Gasteiger partial charge in [0.2, 0.25) is 11.8 Å². The van der Waals surface area contributed by atoms with E-state index in [9.17, 15) is 9.59 Å². The molecule has 136 valence electrons. The van der Waals surface area contributed by atoms with Crippen molar-refractivity contribution in [2.24, 2.45) is 5.92 Å². The molecular formula is C20H21ClN2O3. The monoisotopic (exact) mass is 372 g/mol. The van der Waals surface area contributed by atoms with Gasteiger partial charge in [-0.1, -0.05) is 41.9 Å². The van der Waals surface area contributed by atoms with Gasteiger partial charge in [0.25, 0.3) is 0 Å². The molecule has 1 saturated heterocycles. The van der Waals surface area contributed by atoms with Crippen molar-refractivity contribution in [1.29, 1.82) is 0 Å². The summed E-state index contributed by atoms with van der Waals surface area (Å²) in [6.07, 6.45) is 0.875. The molecule has 5 nitrogen and oxygen atoms in total. The van der Waals surface area contributed by atoms with Crippen LogP contribution in [0.15, 0.2) is 48.5 Å². The van der Waals surface area contributed by atoms with E-state index in [4.69, 9.17) is 16.3 Å². The Morgan fingerprint density at radius 2 is 1.96 bits per heavy atom. The average molecular weight is 373 g/mol. The zero-order chi connectivity index (χ0) is 18.7. The molecule has 0 aliphatic carbocycles. The lowest BCUT2D eigenvalue weighted by Crippen LogP contribution is -2.44. The zero-order valence-corrected chi connectivity index (χ0v) is 15.5. The summed E-state index contributed by atoms with van der Waals surface area (Å²) in [6, 6.07) is 14.5. The minimum absolute atomic E-state index is 0.0513. The van der Waals surface area contributed by atoms with Crippen LogP contribution >= 0.6 is 11.6 Å². The molecule has 1 aliphatic rings. The molecule has 0 unspecified atom stereocenters. The second kappa shape index (κ2) is 7.79. The van der Waals surface area contributed by atoms with Gasteiger partial charge in [-0.15, -0.1) is 0 Å². The number of hydrogen-bond acceptors (Lipinski definition) is 3. The fourth-order valence-electron chi connectivity index (χ4n) is 3.40. The SMILES string of the molecule is COc1ccc(NC(=O)[C@@H]2CCC(=O)N(C)[C@@H]2c2ccccc2)cc1Cl. The van der Waals surface area contributed by atoms with E-state index in [0.29, 0.717) is 29.3 Å². The molecule has 0 saturated carbocycles. The molecule has 0 bridgehead atoms. The highest BCUT2D eigenvalue weighted by molar-refractivity contribution is 6.32. The number of methoxy groups -OCH3 is 1. The first-order valence-electron chi connectivity index (χ1n) is 8.46. The predicted octanol–water partition coefficient (Wildman–Crippen LogP) is 3.90. The minimum Gasteiger partial charge on any atom is -0.495 e. The summed E-state index contributed by atoms with van der Waals surface area (Å²) in [6.45, 7) is 0. The lowest BCUT2D eigenvalue weighted by Gasteiger charge is -2.38. The van der Waals surface area contributed by atoms with Crippen molar-refractivity contribution < 1.29 is 14.3 Å². The van der Waals surface area contributed by atoms with E-state index in [0.717, 1.165) is 5.56 Å². The molecule has 0 radical (unpaired) electrons. The second-order valence-corrected chi connectivity index (χ2v) is 6.75. The lowest BCUT2D eigenvalue weighted by atomic mass is 9.84. The summed E-state index contributed by atoms with van der Waals surface area (Å²) in [5.41, 5.74) is 1.56. The minimum atomic E-state index is -0.332. The number of benzene rings is 2. The molecule has 0 spiro atoms. The van der Waals surface area contributed by atoms with E-state index < -0.39 is 0 Å². The molecule has 3 rings (SSSR count). The fourth-order valence-corrected chi connectivity index (χ4v) is 3.66. The van der Waals surface area contributed by atoms with Gasteiger partial charge in [-0.05, 0) is 30.2 Å².